The Balaban J connectivity index is 1.24. The molecule has 2 aliphatic rings. The minimum atomic E-state index is -3.82. The van der Waals surface area contributed by atoms with Gasteiger partial charge in [-0.2, -0.15) is 0 Å². The lowest BCUT2D eigenvalue weighted by atomic mass is 10.0. The second kappa shape index (κ2) is 10.9. The fourth-order valence-electron chi connectivity index (χ4n) is 5.68. The van der Waals surface area contributed by atoms with Crippen LogP contribution in [-0.2, 0) is 10.0 Å². The van der Waals surface area contributed by atoms with Gasteiger partial charge >= 0.3 is 0 Å². The third-order valence-corrected chi connectivity index (χ3v) is 9.67. The van der Waals surface area contributed by atoms with Crippen molar-refractivity contribution in [1.29, 1.82) is 0 Å². The summed E-state index contributed by atoms with van der Waals surface area (Å²) in [5.41, 5.74) is 2.62. The predicted molar refractivity (Wildman–Crippen MR) is 161 cm³/mol. The molecule has 0 saturated carbocycles. The van der Waals surface area contributed by atoms with Crippen LogP contribution in [0.15, 0.2) is 95.9 Å². The van der Waals surface area contributed by atoms with Gasteiger partial charge in [0.1, 0.15) is 0 Å². The lowest BCUT2D eigenvalue weighted by Crippen LogP contribution is -2.54. The number of sulfonamides is 1. The molecule has 2 unspecified atom stereocenters. The molecule has 204 valence electrons. The maximum atomic E-state index is 13.5. The van der Waals surface area contributed by atoms with E-state index in [1.54, 1.807) is 24.3 Å². The van der Waals surface area contributed by atoms with Gasteiger partial charge in [0.15, 0.2) is 5.11 Å². The second-order valence-electron chi connectivity index (χ2n) is 9.94. The normalized spacial score (nSPS) is 19.1. The van der Waals surface area contributed by atoms with Crippen LogP contribution in [0.2, 0.25) is 5.02 Å². The molecule has 2 atom stereocenters. The second-order valence-corrected chi connectivity index (χ2v) is 12.5. The molecule has 1 saturated heterocycles. The zero-order valence-corrected chi connectivity index (χ0v) is 23.8. The Bertz CT molecular complexity index is 1680. The third kappa shape index (κ3) is 5.11. The average molecular weight is 591 g/mol. The summed E-state index contributed by atoms with van der Waals surface area (Å²) in [5, 5.41) is 5.88. The van der Waals surface area contributed by atoms with E-state index in [0.717, 1.165) is 21.9 Å². The molecule has 7 nitrogen and oxygen atoms in total. The zero-order valence-electron chi connectivity index (χ0n) is 21.5. The van der Waals surface area contributed by atoms with Crippen LogP contribution >= 0.6 is 23.8 Å². The minimum Gasteiger partial charge on any atom is -0.346 e. The molecule has 6 rings (SSSR count). The van der Waals surface area contributed by atoms with Crippen LogP contribution in [0.25, 0.3) is 10.8 Å². The monoisotopic (exact) mass is 590 g/mol. The first-order valence-corrected chi connectivity index (χ1v) is 15.3. The highest BCUT2D eigenvalue weighted by molar-refractivity contribution is 7.89. The maximum Gasteiger partial charge on any atom is 0.257 e. The SMILES string of the molecule is O=C(NC(=S)N1CCN(C2c3cccc4cccc(c34)C2NS(=O)(=O)c2ccc(Cl)cc2)CC1)c1ccccc1. The van der Waals surface area contributed by atoms with E-state index in [1.807, 2.05) is 41.3 Å². The number of carbonyl (C=O) groups excluding carboxylic acids is 1. The van der Waals surface area contributed by atoms with E-state index in [4.69, 9.17) is 23.8 Å². The van der Waals surface area contributed by atoms with Crippen molar-refractivity contribution >= 4 is 55.6 Å². The lowest BCUT2D eigenvalue weighted by molar-refractivity contribution is 0.0958. The van der Waals surface area contributed by atoms with E-state index in [-0.39, 0.29) is 16.8 Å². The largest absolute Gasteiger partial charge is 0.346 e. The lowest BCUT2D eigenvalue weighted by Gasteiger charge is -2.41. The van der Waals surface area contributed by atoms with E-state index >= 15 is 0 Å². The molecule has 0 aromatic heterocycles. The standard InChI is InChI=1S/C30H27ClN4O3S2/c31-22-12-14-23(15-13-22)40(37,38)33-27-24-10-4-8-20-9-5-11-25(26(20)24)28(27)34-16-18-35(19-17-34)30(39)32-29(36)21-6-2-1-3-7-21/h1-15,27-28,33H,16-19H2,(H,32,36,39). The molecule has 1 fully saturated rings. The number of piperazine rings is 1. The van der Waals surface area contributed by atoms with Crippen LogP contribution in [-0.4, -0.2) is 55.4 Å². The van der Waals surface area contributed by atoms with E-state index in [1.165, 1.54) is 12.1 Å². The molecule has 10 heteroatoms. The number of halogens is 1. The summed E-state index contributed by atoms with van der Waals surface area (Å²) in [4.78, 5) is 17.1. The van der Waals surface area contributed by atoms with Gasteiger partial charge in [0.05, 0.1) is 17.0 Å². The molecular formula is C30H27ClN4O3S2. The first-order chi connectivity index (χ1) is 19.3. The van der Waals surface area contributed by atoms with Crippen molar-refractivity contribution in [3.05, 3.63) is 113 Å². The summed E-state index contributed by atoms with van der Waals surface area (Å²) in [6, 6.07) is 26.7. The number of nitrogens with one attached hydrogen (secondary N) is 2. The molecule has 2 N–H and O–H groups in total. The molecule has 0 spiro atoms. The molecule has 0 radical (unpaired) electrons. The molecule has 1 aliphatic carbocycles. The van der Waals surface area contributed by atoms with Gasteiger partial charge in [0, 0.05) is 36.8 Å². The number of carbonyl (C=O) groups is 1. The van der Waals surface area contributed by atoms with Crippen LogP contribution in [0.5, 0.6) is 0 Å². The molecule has 0 bridgehead atoms. The van der Waals surface area contributed by atoms with Gasteiger partial charge in [0.25, 0.3) is 5.91 Å². The van der Waals surface area contributed by atoms with Crippen molar-refractivity contribution in [2.45, 2.75) is 17.0 Å². The summed E-state index contributed by atoms with van der Waals surface area (Å²) in [5.74, 6) is -0.234. The van der Waals surface area contributed by atoms with Crippen LogP contribution in [0.4, 0.5) is 0 Å². The summed E-state index contributed by atoms with van der Waals surface area (Å²) >= 11 is 11.6. The summed E-state index contributed by atoms with van der Waals surface area (Å²) in [6.07, 6.45) is 0. The Morgan fingerprint density at radius 1 is 0.825 bits per heavy atom. The Kier molecular flexibility index (Phi) is 7.33. The third-order valence-electron chi connectivity index (χ3n) is 7.60. The summed E-state index contributed by atoms with van der Waals surface area (Å²) < 4.78 is 30.1. The average Bonchev–Trinajstić information content (AvgIpc) is 3.28. The van der Waals surface area contributed by atoms with Gasteiger partial charge in [-0.15, -0.1) is 0 Å². The zero-order chi connectivity index (χ0) is 27.9. The summed E-state index contributed by atoms with van der Waals surface area (Å²) in [7, 11) is -3.82. The van der Waals surface area contributed by atoms with Crippen LogP contribution in [0.1, 0.15) is 33.6 Å². The van der Waals surface area contributed by atoms with Gasteiger partial charge in [-0.25, -0.2) is 13.1 Å². The summed E-state index contributed by atoms with van der Waals surface area (Å²) in [6.45, 7) is 2.51. The number of benzene rings is 4. The highest BCUT2D eigenvalue weighted by Crippen LogP contribution is 2.47. The smallest absolute Gasteiger partial charge is 0.257 e. The van der Waals surface area contributed by atoms with Gasteiger partial charge in [0.2, 0.25) is 10.0 Å². The number of rotatable bonds is 5. The topological polar surface area (TPSA) is 81.8 Å². The number of amides is 1. The van der Waals surface area contributed by atoms with Crippen molar-refractivity contribution in [3.8, 4) is 0 Å². The van der Waals surface area contributed by atoms with Crippen LogP contribution in [0.3, 0.4) is 0 Å². The van der Waals surface area contributed by atoms with Gasteiger partial charge in [-0.3, -0.25) is 15.0 Å². The maximum absolute atomic E-state index is 13.5. The highest BCUT2D eigenvalue weighted by Gasteiger charge is 2.41. The van der Waals surface area contributed by atoms with Crippen molar-refractivity contribution in [2.75, 3.05) is 26.2 Å². The minimum absolute atomic E-state index is 0.170. The van der Waals surface area contributed by atoms with Crippen molar-refractivity contribution in [1.82, 2.24) is 19.8 Å². The molecule has 4 aromatic rings. The fraction of sp³-hybridized carbons (Fsp3) is 0.200. The van der Waals surface area contributed by atoms with E-state index in [9.17, 15) is 13.2 Å². The van der Waals surface area contributed by atoms with E-state index in [0.29, 0.717) is 41.9 Å². The molecule has 40 heavy (non-hydrogen) atoms. The quantitative estimate of drug-likeness (QED) is 0.322. The van der Waals surface area contributed by atoms with Crippen LogP contribution in [0, 0.1) is 0 Å². The molecule has 1 amide bonds. The molecular weight excluding hydrogens is 564 g/mol. The molecule has 1 aliphatic heterocycles. The van der Waals surface area contributed by atoms with Gasteiger partial charge < -0.3 is 4.90 Å². The predicted octanol–water partition coefficient (Wildman–Crippen LogP) is 4.90. The fourth-order valence-corrected chi connectivity index (χ4v) is 7.30. The van der Waals surface area contributed by atoms with E-state index in [2.05, 4.69) is 33.1 Å². The molecule has 4 aromatic carbocycles. The number of nitrogens with zero attached hydrogens (tertiary/aromatic N) is 2. The first-order valence-electron chi connectivity index (χ1n) is 13.0. The number of thiocarbonyl (C=S) groups is 1. The number of hydrogen-bond donors (Lipinski definition) is 2. The Morgan fingerprint density at radius 2 is 1.48 bits per heavy atom. The highest BCUT2D eigenvalue weighted by atomic mass is 35.5. The van der Waals surface area contributed by atoms with Gasteiger partial charge in [-0.05, 0) is 70.5 Å². The van der Waals surface area contributed by atoms with Crippen molar-refractivity contribution in [3.63, 3.8) is 0 Å². The van der Waals surface area contributed by atoms with Crippen LogP contribution < -0.4 is 10.0 Å². The Hall–Kier alpha value is -3.34. The van der Waals surface area contributed by atoms with E-state index < -0.39 is 16.1 Å². The van der Waals surface area contributed by atoms with Gasteiger partial charge in [-0.1, -0.05) is 66.2 Å². The molecule has 1 heterocycles. The first kappa shape index (κ1) is 26.9. The Morgan fingerprint density at radius 3 is 2.15 bits per heavy atom. The van der Waals surface area contributed by atoms with Crippen molar-refractivity contribution in [2.24, 2.45) is 0 Å². The number of hydrogen-bond acceptors (Lipinski definition) is 5. The Labute approximate surface area is 243 Å². The van der Waals surface area contributed by atoms with Crippen molar-refractivity contribution < 1.29 is 13.2 Å².